The van der Waals surface area contributed by atoms with Crippen LogP contribution in [0.25, 0.3) is 5.69 Å². The summed E-state index contributed by atoms with van der Waals surface area (Å²) in [5.41, 5.74) is -5.59. The fourth-order valence-electron chi connectivity index (χ4n) is 3.03. The van der Waals surface area contributed by atoms with Gasteiger partial charge in [-0.15, -0.1) is 0 Å². The molecule has 1 aromatic heterocycles. The fourth-order valence-corrected chi connectivity index (χ4v) is 4.59. The lowest BCUT2D eigenvalue weighted by molar-refractivity contribution is -0.144. The lowest BCUT2D eigenvalue weighted by Crippen LogP contribution is -2.42. The van der Waals surface area contributed by atoms with Crippen LogP contribution in [-0.4, -0.2) is 58.0 Å². The first-order valence-electron chi connectivity index (χ1n) is 9.41. The van der Waals surface area contributed by atoms with E-state index in [1.54, 1.807) is 4.72 Å². The Morgan fingerprint density at radius 1 is 1.22 bits per heavy atom. The van der Waals surface area contributed by atoms with Crippen LogP contribution in [0.15, 0.2) is 32.8 Å². The van der Waals surface area contributed by atoms with Crippen LogP contribution in [0.4, 0.5) is 23.2 Å². The molecular formula is C18H14ClF4N5O6S2. The van der Waals surface area contributed by atoms with Crippen molar-refractivity contribution in [3.8, 4) is 5.69 Å². The van der Waals surface area contributed by atoms with Crippen molar-refractivity contribution in [2.75, 3.05) is 18.6 Å². The topological polar surface area (TPSA) is 140 Å². The maximum Gasteiger partial charge on any atom is 0.431 e. The molecular weight excluding hydrogens is 558 g/mol. The summed E-state index contributed by atoms with van der Waals surface area (Å²) in [6.45, 7) is -0.734. The standard InChI is InChI=1S/C18H14ClF4N5O6S2/c1-26-12(18(21,22)23)5-14(30)28(17(26)32)11-4-10(8(19)3-9(11)20)24-16-27(15(31)7-35-16)6-13(29)25-36(2,33)34/h3-5H,6-7H2,1-2H3,(H,25,29). The zero-order valence-corrected chi connectivity index (χ0v) is 20.5. The smallest absolute Gasteiger partial charge is 0.292 e. The molecule has 0 saturated carbocycles. The predicted octanol–water partition coefficient (Wildman–Crippen LogP) is 0.986. The summed E-state index contributed by atoms with van der Waals surface area (Å²) in [7, 11) is -3.17. The van der Waals surface area contributed by atoms with Gasteiger partial charge in [0.05, 0.1) is 28.4 Å². The number of aromatic nitrogens is 2. The second kappa shape index (κ2) is 9.70. The summed E-state index contributed by atoms with van der Waals surface area (Å²) in [6, 6.07) is 1.58. The van der Waals surface area contributed by atoms with Crippen molar-refractivity contribution in [3.05, 3.63) is 55.6 Å². The quantitative estimate of drug-likeness (QED) is 0.528. The van der Waals surface area contributed by atoms with Crippen molar-refractivity contribution in [3.63, 3.8) is 0 Å². The molecule has 0 radical (unpaired) electrons. The SMILES string of the molecule is Cn1c(C(F)(F)F)cc(=O)n(-c2cc(N=C3SCC(=O)N3CC(=O)NS(C)(=O)=O)c(Cl)cc2F)c1=O. The summed E-state index contributed by atoms with van der Waals surface area (Å²) in [5.74, 6) is -3.09. The monoisotopic (exact) mass is 571 g/mol. The fraction of sp³-hybridized carbons (Fsp3) is 0.278. The van der Waals surface area contributed by atoms with Crippen molar-refractivity contribution in [2.24, 2.45) is 12.0 Å². The third-order valence-corrected chi connectivity index (χ3v) is 6.40. The Hall–Kier alpha value is -3.18. The first kappa shape index (κ1) is 27.4. The number of benzene rings is 1. The number of nitrogens with one attached hydrogen (secondary N) is 1. The Balaban J connectivity index is 2.10. The largest absolute Gasteiger partial charge is 0.431 e. The van der Waals surface area contributed by atoms with Gasteiger partial charge in [0, 0.05) is 13.1 Å². The second-order valence-electron chi connectivity index (χ2n) is 7.26. The molecule has 11 nitrogen and oxygen atoms in total. The van der Waals surface area contributed by atoms with Crippen LogP contribution in [0.5, 0.6) is 0 Å². The molecule has 0 unspecified atom stereocenters. The van der Waals surface area contributed by atoms with Gasteiger partial charge in [-0.05, 0) is 12.1 Å². The van der Waals surface area contributed by atoms with E-state index in [4.69, 9.17) is 11.6 Å². The van der Waals surface area contributed by atoms with Crippen LogP contribution < -0.4 is 16.0 Å². The summed E-state index contributed by atoms with van der Waals surface area (Å²) in [5, 5.41) is -0.503. The molecule has 2 aromatic rings. The number of carbonyl (C=O) groups is 2. The van der Waals surface area contributed by atoms with E-state index in [-0.39, 0.29) is 36.8 Å². The van der Waals surface area contributed by atoms with E-state index in [1.807, 2.05) is 0 Å². The molecule has 0 spiro atoms. The van der Waals surface area contributed by atoms with Crippen LogP contribution in [0.2, 0.25) is 5.02 Å². The van der Waals surface area contributed by atoms with Gasteiger partial charge in [0.25, 0.3) is 11.5 Å². The molecule has 1 aromatic carbocycles. The Kier molecular flexibility index (Phi) is 7.39. The summed E-state index contributed by atoms with van der Waals surface area (Å²) >= 11 is 6.83. The molecule has 1 aliphatic heterocycles. The highest BCUT2D eigenvalue weighted by Crippen LogP contribution is 2.32. The number of halogens is 5. The zero-order valence-electron chi connectivity index (χ0n) is 18.1. The van der Waals surface area contributed by atoms with Gasteiger partial charge in [-0.3, -0.25) is 28.6 Å². The summed E-state index contributed by atoms with van der Waals surface area (Å²) in [4.78, 5) is 53.9. The Morgan fingerprint density at radius 3 is 2.44 bits per heavy atom. The van der Waals surface area contributed by atoms with Gasteiger partial charge in [0.1, 0.15) is 18.1 Å². The Bertz CT molecular complexity index is 1530. The molecule has 0 aliphatic carbocycles. The third-order valence-electron chi connectivity index (χ3n) is 4.54. The molecule has 0 bridgehead atoms. The molecule has 1 fully saturated rings. The molecule has 0 atom stereocenters. The first-order valence-corrected chi connectivity index (χ1v) is 12.7. The molecule has 3 rings (SSSR count). The molecule has 1 aliphatic rings. The maximum atomic E-state index is 14.7. The number of hydrogen-bond donors (Lipinski definition) is 1. The van der Waals surface area contributed by atoms with E-state index >= 15 is 0 Å². The van der Waals surface area contributed by atoms with Crippen LogP contribution in [0.3, 0.4) is 0 Å². The average Bonchev–Trinajstić information content (AvgIpc) is 3.05. The molecule has 1 saturated heterocycles. The summed E-state index contributed by atoms with van der Waals surface area (Å²) < 4.78 is 78.4. The van der Waals surface area contributed by atoms with Gasteiger partial charge >= 0.3 is 11.9 Å². The van der Waals surface area contributed by atoms with E-state index in [0.717, 1.165) is 36.0 Å². The summed E-state index contributed by atoms with van der Waals surface area (Å²) in [6.07, 6.45) is -4.30. The number of amides is 2. The number of thioether (sulfide) groups is 1. The van der Waals surface area contributed by atoms with Crippen molar-refractivity contribution < 1.29 is 35.6 Å². The molecule has 2 amide bonds. The van der Waals surface area contributed by atoms with Crippen LogP contribution >= 0.6 is 23.4 Å². The normalized spacial score (nSPS) is 15.6. The van der Waals surface area contributed by atoms with Gasteiger partial charge in [-0.25, -0.2) is 27.2 Å². The minimum atomic E-state index is -5.03. The highest BCUT2D eigenvalue weighted by atomic mass is 35.5. The number of amidine groups is 1. The van der Waals surface area contributed by atoms with Gasteiger partial charge in [0.15, 0.2) is 5.17 Å². The van der Waals surface area contributed by atoms with Gasteiger partial charge in [-0.2, -0.15) is 13.2 Å². The van der Waals surface area contributed by atoms with E-state index in [1.165, 1.54) is 0 Å². The lowest BCUT2D eigenvalue weighted by Gasteiger charge is -2.16. The average molecular weight is 572 g/mol. The molecule has 18 heteroatoms. The number of aliphatic imine (C=N–C) groups is 1. The van der Waals surface area contributed by atoms with E-state index in [2.05, 4.69) is 4.99 Å². The van der Waals surface area contributed by atoms with Gasteiger partial charge < -0.3 is 0 Å². The van der Waals surface area contributed by atoms with E-state index < -0.39 is 63.0 Å². The van der Waals surface area contributed by atoms with Crippen molar-refractivity contribution in [1.82, 2.24) is 18.8 Å². The number of carbonyl (C=O) groups excluding carboxylic acids is 2. The van der Waals surface area contributed by atoms with Crippen LogP contribution in [-0.2, 0) is 32.8 Å². The highest BCUT2D eigenvalue weighted by Gasteiger charge is 2.35. The number of alkyl halides is 3. The molecule has 36 heavy (non-hydrogen) atoms. The zero-order chi connectivity index (χ0) is 27.2. The maximum absolute atomic E-state index is 14.7. The Labute approximate surface area is 208 Å². The highest BCUT2D eigenvalue weighted by molar-refractivity contribution is 8.15. The second-order valence-corrected chi connectivity index (χ2v) is 10.4. The minimum Gasteiger partial charge on any atom is -0.292 e. The number of nitrogens with zero attached hydrogens (tertiary/aromatic N) is 4. The number of rotatable bonds is 5. The third kappa shape index (κ3) is 5.79. The van der Waals surface area contributed by atoms with Gasteiger partial charge in [0.2, 0.25) is 15.9 Å². The first-order chi connectivity index (χ1) is 16.5. The molecule has 1 N–H and O–H groups in total. The lowest BCUT2D eigenvalue weighted by atomic mass is 10.2. The Morgan fingerprint density at radius 2 is 1.86 bits per heavy atom. The van der Waals surface area contributed by atoms with E-state index in [9.17, 15) is 45.2 Å². The van der Waals surface area contributed by atoms with Crippen LogP contribution in [0, 0.1) is 5.82 Å². The number of sulfonamides is 1. The van der Waals surface area contributed by atoms with Crippen molar-refractivity contribution in [2.45, 2.75) is 6.18 Å². The van der Waals surface area contributed by atoms with E-state index in [0.29, 0.717) is 6.07 Å². The number of hydrogen-bond acceptors (Lipinski definition) is 8. The van der Waals surface area contributed by atoms with Gasteiger partial charge in [-0.1, -0.05) is 23.4 Å². The molecule has 2 heterocycles. The van der Waals surface area contributed by atoms with Crippen molar-refractivity contribution >= 4 is 56.1 Å². The van der Waals surface area contributed by atoms with Crippen molar-refractivity contribution in [1.29, 1.82) is 0 Å². The minimum absolute atomic E-state index is 0.120. The molecule has 194 valence electrons. The predicted molar refractivity (Wildman–Crippen MR) is 122 cm³/mol. The van der Waals surface area contributed by atoms with Crippen LogP contribution in [0.1, 0.15) is 5.69 Å².